The number of thiazole rings is 4. The molecule has 0 bridgehead atoms. The number of ketones is 4. The van der Waals surface area contributed by atoms with Crippen LogP contribution in [0, 0.1) is 0 Å². The standard InChI is InChI=1S/C18H24N6O3S.2C17H22N6O3S.C16H24N6O4S/c1-11(25)24(2)10-15(26)22-13(7-5-9-21-18(19)20)16(27)17-23-12-6-3-4-8-14(12)28-17;1-10(24)21-9-14(25)22-12(6-4-8-20-17(18)19)15(26)16-23-11-5-2-3-7-13(11)27-16;18-13(24)7-8-14(25)22-11(5-3-9-21-17(19)20)15(26)16-23-10-4-1-2-6-12(10)27-16;1-9(23)22-8-10(24)7-12(22)14(26)21-11(3-2-4-20-16(17)18)13(25)15-19-5-6-27-15/h3-4,6,8,13H,5,7,9-10H2,1-2H3,(H,22,26)(H4,19,20,21);2-3,5,7,12H,4,6,8-9H2,1H3,(H,21,24)(H,22,25)(H4,18,19,20);1-2,4,6,11H,3,5,7-9H2,(H2,18,24)(H,22,25)(H4,19,20,21);5-6,10-12,24H,2-4,7-8H2,1H3,(H,21,26)(H4,17,18,20)/t;;;10-,11?,12+/m...1/s1. The van der Waals surface area contributed by atoms with Crippen molar-refractivity contribution in [1.29, 1.82) is 0 Å². The number of aliphatic imine (C=N–C) groups is 4. The fourth-order valence-corrected chi connectivity index (χ4v) is 13.7. The summed E-state index contributed by atoms with van der Waals surface area (Å²) in [6.07, 6.45) is 4.05. The number of hydrogen-bond acceptors (Lipinski definition) is 25. The first-order chi connectivity index (χ1) is 51.8. The summed E-state index contributed by atoms with van der Waals surface area (Å²) in [6.45, 7) is 5.13. The van der Waals surface area contributed by atoms with Crippen molar-refractivity contribution in [3.05, 3.63) is 104 Å². The lowest BCUT2D eigenvalue weighted by molar-refractivity contribution is -0.137. The maximum atomic E-state index is 13.0. The summed E-state index contributed by atoms with van der Waals surface area (Å²) in [6, 6.07) is 18.3. The fourth-order valence-electron chi connectivity index (χ4n) is 10.2. The number of nitrogens with two attached hydrogens (primary N) is 9. The first kappa shape index (κ1) is 88.1. The van der Waals surface area contributed by atoms with Crippen molar-refractivity contribution in [2.24, 2.45) is 71.6 Å². The number of guanidine groups is 4. The number of aliphatic hydroxyl groups is 1. The van der Waals surface area contributed by atoms with Crippen LogP contribution in [0.4, 0.5) is 0 Å². The van der Waals surface area contributed by atoms with Gasteiger partial charge in [-0.25, -0.2) is 19.9 Å². The number of fused-ring (bicyclic) bond motifs is 3. The van der Waals surface area contributed by atoms with E-state index in [4.69, 9.17) is 51.6 Å². The molecule has 1 aliphatic heterocycles. The largest absolute Gasteiger partial charge is 0.391 e. The number of para-hydroxylation sites is 3. The molecule has 0 saturated carbocycles. The Kier molecular flexibility index (Phi) is 36.5. The molecule has 37 nitrogen and oxygen atoms in total. The van der Waals surface area contributed by atoms with Gasteiger partial charge in [-0.2, -0.15) is 0 Å². The second-order valence-corrected chi connectivity index (χ2v) is 28.3. The van der Waals surface area contributed by atoms with Crippen molar-refractivity contribution in [2.45, 2.75) is 128 Å². The van der Waals surface area contributed by atoms with Crippen LogP contribution in [0.15, 0.2) is 104 Å². The van der Waals surface area contributed by atoms with Crippen molar-refractivity contribution >= 4 is 170 Å². The number of carbonyl (C=O) groups excluding carboxylic acids is 12. The first-order valence-electron chi connectivity index (χ1n) is 34.0. The average molecular weight is 1580 g/mol. The number of aromatic nitrogens is 4. The van der Waals surface area contributed by atoms with Crippen LogP contribution in [0.5, 0.6) is 0 Å². The number of nitrogens with zero attached hydrogens (tertiary/aromatic N) is 10. The van der Waals surface area contributed by atoms with Crippen molar-refractivity contribution in [1.82, 2.24) is 56.3 Å². The van der Waals surface area contributed by atoms with Gasteiger partial charge in [0.05, 0.1) is 74.0 Å². The highest BCUT2D eigenvalue weighted by molar-refractivity contribution is 7.21. The van der Waals surface area contributed by atoms with E-state index in [1.54, 1.807) is 5.38 Å². The molecule has 0 spiro atoms. The van der Waals surface area contributed by atoms with Gasteiger partial charge >= 0.3 is 0 Å². The molecular weight excluding hydrogens is 1490 g/mol. The number of rotatable bonds is 36. The van der Waals surface area contributed by atoms with Crippen LogP contribution in [0.3, 0.4) is 0 Å². The van der Waals surface area contributed by atoms with Crippen molar-refractivity contribution in [2.75, 3.05) is 52.9 Å². The molecule has 109 heavy (non-hydrogen) atoms. The third kappa shape index (κ3) is 31.0. The molecule has 1 fully saturated rings. The van der Waals surface area contributed by atoms with Crippen LogP contribution < -0.4 is 78.2 Å². The molecule has 24 N–H and O–H groups in total. The number of carbonyl (C=O) groups is 12. The Morgan fingerprint density at radius 2 is 0.899 bits per heavy atom. The summed E-state index contributed by atoms with van der Waals surface area (Å²) in [5.74, 6) is -4.49. The Bertz CT molecular complexity index is 4170. The number of hydrogen-bond donors (Lipinski definition) is 15. The highest BCUT2D eigenvalue weighted by Gasteiger charge is 2.39. The number of β-amino-alcohol motifs (C(OH)–C–C–N with tert-alkyl or cyclic N) is 1. The number of likely N-dealkylation sites (N-methyl/N-ethyl adjacent to an activating group) is 1. The number of amides is 8. The number of likely N-dealkylation sites (tertiary alicyclic amines) is 1. The average Bonchev–Trinajstić information content (AvgIpc) is 1.70. The normalized spacial score (nSPS) is 13.8. The monoisotopic (exact) mass is 1580 g/mol. The number of aliphatic hydroxyl groups excluding tert-OH is 1. The highest BCUT2D eigenvalue weighted by Crippen LogP contribution is 2.27. The molecule has 1 aliphatic rings. The summed E-state index contributed by atoms with van der Waals surface area (Å²) in [4.78, 5) is 180. The van der Waals surface area contributed by atoms with Gasteiger partial charge in [0, 0.05) is 91.4 Å². The van der Waals surface area contributed by atoms with E-state index < -0.39 is 65.8 Å². The SMILES string of the molecule is CC(=O)N(C)CC(=O)NC(CCCN=C(N)N)C(=O)c1nc2ccccc2s1.CC(=O)N1C[C@H](O)C[C@H]1C(=O)NC(CCCN=C(N)N)C(=O)c1nccs1.CC(=O)NCC(=O)NC(CCCN=C(N)N)C(=O)c1nc2ccccc2s1.NC(=O)CCC(=O)NC(CCCN=C(N)N)C(=O)c1nc2ccccc2s1. The van der Waals surface area contributed by atoms with Crippen molar-refractivity contribution < 1.29 is 62.6 Å². The lowest BCUT2D eigenvalue weighted by Gasteiger charge is -2.24. The molecule has 7 aromatic rings. The minimum absolute atomic E-state index is 0.0267. The molecule has 4 unspecified atom stereocenters. The quantitative estimate of drug-likeness (QED) is 0.0104. The fraction of sp³-hybridized carbons (Fsp3) is 0.412. The molecule has 8 rings (SSSR count). The second-order valence-electron chi connectivity index (χ2n) is 24.3. The van der Waals surface area contributed by atoms with E-state index in [1.807, 2.05) is 72.8 Å². The van der Waals surface area contributed by atoms with Gasteiger partial charge < -0.3 is 93.1 Å². The molecule has 0 radical (unpaired) electrons. The van der Waals surface area contributed by atoms with Gasteiger partial charge in [0.15, 0.2) is 43.9 Å². The van der Waals surface area contributed by atoms with Gasteiger partial charge in [0.25, 0.3) is 0 Å². The van der Waals surface area contributed by atoms with E-state index >= 15 is 0 Å². The maximum absolute atomic E-state index is 13.0. The third-order valence-corrected chi connectivity index (χ3v) is 19.5. The number of primary amides is 1. The first-order valence-corrected chi connectivity index (χ1v) is 37.4. The molecule has 5 heterocycles. The lowest BCUT2D eigenvalue weighted by Crippen LogP contribution is -2.50. The Hall–Kier alpha value is -11.6. The minimum atomic E-state index is -0.815. The van der Waals surface area contributed by atoms with Gasteiger partial charge in [-0.05, 0) is 87.8 Å². The summed E-state index contributed by atoms with van der Waals surface area (Å²) < 4.78 is 2.68. The van der Waals surface area contributed by atoms with Gasteiger partial charge in [0.1, 0.15) is 6.04 Å². The molecule has 586 valence electrons. The van der Waals surface area contributed by atoms with E-state index in [1.165, 1.54) is 89.2 Å². The van der Waals surface area contributed by atoms with E-state index in [0.717, 1.165) is 30.6 Å². The summed E-state index contributed by atoms with van der Waals surface area (Å²) >= 11 is 5.01. The molecule has 4 aromatic heterocycles. The Morgan fingerprint density at radius 1 is 0.523 bits per heavy atom. The van der Waals surface area contributed by atoms with Crippen LogP contribution in [0.25, 0.3) is 30.6 Å². The Morgan fingerprint density at radius 3 is 1.25 bits per heavy atom. The van der Waals surface area contributed by atoms with Crippen molar-refractivity contribution in [3.63, 3.8) is 0 Å². The van der Waals surface area contributed by atoms with E-state index in [0.29, 0.717) is 92.6 Å². The Labute approximate surface area is 642 Å². The van der Waals surface area contributed by atoms with Gasteiger partial charge in [-0.3, -0.25) is 77.5 Å². The number of benzene rings is 3. The molecule has 0 aliphatic carbocycles. The zero-order chi connectivity index (χ0) is 80.3. The Balaban J connectivity index is 0.000000260. The van der Waals surface area contributed by atoms with Gasteiger partial charge in [-0.1, -0.05) is 36.4 Å². The molecule has 1 saturated heterocycles. The maximum Gasteiger partial charge on any atom is 0.243 e. The molecule has 41 heteroatoms. The molecule has 8 amide bonds. The number of nitrogens with one attached hydrogen (secondary N) is 5. The van der Waals surface area contributed by atoms with Gasteiger partial charge in [-0.15, -0.1) is 45.3 Å². The lowest BCUT2D eigenvalue weighted by atomic mass is 10.1. The van der Waals surface area contributed by atoms with E-state index in [2.05, 4.69) is 66.5 Å². The zero-order valence-electron chi connectivity index (χ0n) is 60.4. The predicted octanol–water partition coefficient (Wildman–Crippen LogP) is -0.222. The third-order valence-electron chi connectivity index (χ3n) is 15.5. The molecular formula is C68H92N24O13S4. The van der Waals surface area contributed by atoms with Crippen LogP contribution in [0.2, 0.25) is 0 Å². The van der Waals surface area contributed by atoms with Crippen LogP contribution in [-0.4, -0.2) is 218 Å². The molecule has 6 atom stereocenters. The van der Waals surface area contributed by atoms with Gasteiger partial charge in [0.2, 0.25) is 70.4 Å². The van der Waals surface area contributed by atoms with E-state index in [9.17, 15) is 62.6 Å². The van der Waals surface area contributed by atoms with Crippen LogP contribution in [-0.2, 0) is 38.4 Å². The minimum Gasteiger partial charge on any atom is -0.391 e. The molecule has 3 aromatic carbocycles. The summed E-state index contributed by atoms with van der Waals surface area (Å²) in [5, 5.41) is 25.9. The van der Waals surface area contributed by atoms with Crippen LogP contribution in [0.1, 0.15) is 131 Å². The number of Topliss-reactive ketones (excluding diaryl/α,β-unsaturated/α-hetero) is 4. The summed E-state index contributed by atoms with van der Waals surface area (Å²) in [5.41, 5.74) is 49.6. The predicted molar refractivity (Wildman–Crippen MR) is 418 cm³/mol. The zero-order valence-corrected chi connectivity index (χ0v) is 63.7. The highest BCUT2D eigenvalue weighted by atomic mass is 32.1. The van der Waals surface area contributed by atoms with Crippen molar-refractivity contribution in [3.8, 4) is 0 Å². The van der Waals surface area contributed by atoms with Crippen LogP contribution >= 0.6 is 45.3 Å². The summed E-state index contributed by atoms with van der Waals surface area (Å²) in [7, 11) is 1.52. The smallest absolute Gasteiger partial charge is 0.243 e. The second kappa shape index (κ2) is 45.2. The topological polar surface area (TPSA) is 627 Å². The van der Waals surface area contributed by atoms with E-state index in [-0.39, 0.29) is 109 Å².